The van der Waals surface area contributed by atoms with E-state index in [4.69, 9.17) is 5.73 Å². The number of pyridine rings is 2. The molecule has 5 rings (SSSR count). The number of likely N-dealkylation sites (tertiary alicyclic amines) is 1. The highest BCUT2D eigenvalue weighted by Gasteiger charge is 2.31. The third kappa shape index (κ3) is 5.31. The number of hydrogen-bond acceptors (Lipinski definition) is 6. The number of alkyl halides is 3. The number of halogens is 3. The van der Waals surface area contributed by atoms with Gasteiger partial charge in [-0.25, -0.2) is 9.97 Å². The molecule has 11 heteroatoms. The summed E-state index contributed by atoms with van der Waals surface area (Å²) in [6.07, 6.45) is 4.46. The van der Waals surface area contributed by atoms with Crippen molar-refractivity contribution in [3.05, 3.63) is 71.6 Å². The summed E-state index contributed by atoms with van der Waals surface area (Å²) < 4.78 is 38.8. The van der Waals surface area contributed by atoms with E-state index >= 15 is 0 Å². The zero-order valence-electron chi connectivity index (χ0n) is 19.7. The van der Waals surface area contributed by atoms with Crippen LogP contribution in [0.1, 0.15) is 34.3 Å². The second kappa shape index (κ2) is 10.0. The van der Waals surface area contributed by atoms with Gasteiger partial charge >= 0.3 is 6.18 Å². The molecule has 8 nitrogen and oxygen atoms in total. The van der Waals surface area contributed by atoms with E-state index in [1.165, 1.54) is 6.42 Å². The average Bonchev–Trinajstić information content (AvgIpc) is 3.30. The normalized spacial score (nSPS) is 14.2. The fraction of sp³-hybridized carbons (Fsp3) is 0.231. The molecule has 0 atom stereocenters. The molecule has 1 aliphatic rings. The molecule has 0 spiro atoms. The lowest BCUT2D eigenvalue weighted by atomic mass is 10.0. The van der Waals surface area contributed by atoms with Gasteiger partial charge in [0.1, 0.15) is 17.2 Å². The predicted octanol–water partition coefficient (Wildman–Crippen LogP) is 4.98. The van der Waals surface area contributed by atoms with E-state index in [2.05, 4.69) is 36.5 Å². The van der Waals surface area contributed by atoms with Gasteiger partial charge in [0.25, 0.3) is 5.91 Å². The molecule has 37 heavy (non-hydrogen) atoms. The maximum absolute atomic E-state index is 12.9. The van der Waals surface area contributed by atoms with Gasteiger partial charge in [0.05, 0.1) is 16.6 Å². The smallest absolute Gasteiger partial charge is 0.383 e. The van der Waals surface area contributed by atoms with Gasteiger partial charge in [0, 0.05) is 35.6 Å². The van der Waals surface area contributed by atoms with Gasteiger partial charge in [-0.2, -0.15) is 18.3 Å². The van der Waals surface area contributed by atoms with E-state index in [0.717, 1.165) is 55.5 Å². The van der Waals surface area contributed by atoms with E-state index in [0.29, 0.717) is 22.4 Å². The SMILES string of the molecule is Nc1ncc(/C=C/CCN2CCC2)c2n[nH]c(-c3ccc(C(=O)Nc4cc(C(F)(F)F)ccn4)cc3)c12. The van der Waals surface area contributed by atoms with Gasteiger partial charge in [-0.3, -0.25) is 9.89 Å². The molecule has 4 aromatic rings. The van der Waals surface area contributed by atoms with Crippen molar-refractivity contribution in [2.45, 2.75) is 19.0 Å². The molecule has 1 aromatic carbocycles. The number of aromatic nitrogens is 4. The number of nitrogen functional groups attached to an aromatic ring is 1. The molecule has 4 heterocycles. The van der Waals surface area contributed by atoms with Crippen molar-refractivity contribution < 1.29 is 18.0 Å². The maximum Gasteiger partial charge on any atom is 0.416 e. The average molecular weight is 508 g/mol. The molecule has 0 saturated carbocycles. The number of hydrogen-bond donors (Lipinski definition) is 3. The molecule has 4 N–H and O–H groups in total. The van der Waals surface area contributed by atoms with Crippen LogP contribution in [0.15, 0.2) is 54.9 Å². The lowest BCUT2D eigenvalue weighted by Crippen LogP contribution is -2.37. The lowest BCUT2D eigenvalue weighted by molar-refractivity contribution is -0.137. The van der Waals surface area contributed by atoms with E-state index < -0.39 is 17.6 Å². The Morgan fingerprint density at radius 2 is 1.95 bits per heavy atom. The zero-order chi connectivity index (χ0) is 26.0. The third-order valence-electron chi connectivity index (χ3n) is 6.26. The number of nitrogens with zero attached hydrogens (tertiary/aromatic N) is 4. The summed E-state index contributed by atoms with van der Waals surface area (Å²) in [6.45, 7) is 3.34. The van der Waals surface area contributed by atoms with Crippen LogP contribution in [0.5, 0.6) is 0 Å². The second-order valence-electron chi connectivity index (χ2n) is 8.77. The highest BCUT2D eigenvalue weighted by molar-refractivity contribution is 6.05. The molecular weight excluding hydrogens is 483 g/mol. The summed E-state index contributed by atoms with van der Waals surface area (Å²) in [5.41, 5.74) is 8.46. The van der Waals surface area contributed by atoms with E-state index in [1.54, 1.807) is 30.5 Å². The molecule has 1 fully saturated rings. The van der Waals surface area contributed by atoms with Crippen molar-refractivity contribution in [2.24, 2.45) is 0 Å². The molecular formula is C26H24F3N7O. The number of anilines is 2. The van der Waals surface area contributed by atoms with Crippen LogP contribution in [0.3, 0.4) is 0 Å². The molecule has 3 aromatic heterocycles. The van der Waals surface area contributed by atoms with Gasteiger partial charge in [-0.1, -0.05) is 24.3 Å². The molecule has 190 valence electrons. The van der Waals surface area contributed by atoms with E-state index in [-0.39, 0.29) is 11.4 Å². The number of fused-ring (bicyclic) bond motifs is 1. The Labute approximate surface area is 210 Å². The molecule has 0 bridgehead atoms. The number of rotatable bonds is 7. The Balaban J connectivity index is 1.33. The number of H-pyrrole nitrogens is 1. The number of nitrogens with one attached hydrogen (secondary N) is 2. The van der Waals surface area contributed by atoms with E-state index in [9.17, 15) is 18.0 Å². The number of nitrogens with two attached hydrogens (primary N) is 1. The summed E-state index contributed by atoms with van der Waals surface area (Å²) in [7, 11) is 0. The van der Waals surface area contributed by atoms with Crippen LogP contribution in [0.2, 0.25) is 0 Å². The maximum atomic E-state index is 12.9. The molecule has 0 radical (unpaired) electrons. The van der Waals surface area contributed by atoms with Crippen LogP contribution in [0, 0.1) is 0 Å². The van der Waals surface area contributed by atoms with Gasteiger partial charge in [-0.15, -0.1) is 0 Å². The first kappa shape index (κ1) is 24.4. The Morgan fingerprint density at radius 1 is 1.16 bits per heavy atom. The summed E-state index contributed by atoms with van der Waals surface area (Å²) in [5.74, 6) is -0.443. The fourth-order valence-corrected chi connectivity index (χ4v) is 4.12. The van der Waals surface area contributed by atoms with Crippen LogP contribution < -0.4 is 11.1 Å². The predicted molar refractivity (Wildman–Crippen MR) is 136 cm³/mol. The fourth-order valence-electron chi connectivity index (χ4n) is 4.12. The highest BCUT2D eigenvalue weighted by atomic mass is 19.4. The number of amides is 1. The van der Waals surface area contributed by atoms with Gasteiger partial charge in [0.2, 0.25) is 0 Å². The summed E-state index contributed by atoms with van der Waals surface area (Å²) in [5, 5.41) is 10.5. The van der Waals surface area contributed by atoms with Gasteiger partial charge in [0.15, 0.2) is 0 Å². The van der Waals surface area contributed by atoms with Gasteiger partial charge in [-0.05, 0) is 50.2 Å². The highest BCUT2D eigenvalue weighted by Crippen LogP contribution is 2.32. The van der Waals surface area contributed by atoms with Crippen LogP contribution in [0.25, 0.3) is 28.2 Å². The monoisotopic (exact) mass is 507 g/mol. The summed E-state index contributed by atoms with van der Waals surface area (Å²) in [6, 6.07) is 8.17. The third-order valence-corrected chi connectivity index (χ3v) is 6.26. The summed E-state index contributed by atoms with van der Waals surface area (Å²) in [4.78, 5) is 23.1. The van der Waals surface area contributed by atoms with Crippen molar-refractivity contribution in [2.75, 3.05) is 30.7 Å². The topological polar surface area (TPSA) is 113 Å². The number of benzene rings is 1. The van der Waals surface area contributed by atoms with Crippen LogP contribution in [0.4, 0.5) is 24.8 Å². The van der Waals surface area contributed by atoms with Crippen LogP contribution in [-0.2, 0) is 6.18 Å². The minimum absolute atomic E-state index is 0.187. The first-order valence-electron chi connectivity index (χ1n) is 11.8. The van der Waals surface area contributed by atoms with E-state index in [1.807, 2.05) is 6.08 Å². The van der Waals surface area contributed by atoms with Crippen LogP contribution in [-0.4, -0.2) is 50.6 Å². The van der Waals surface area contributed by atoms with Crippen molar-refractivity contribution in [1.82, 2.24) is 25.1 Å². The number of carbonyl (C=O) groups is 1. The molecule has 0 aliphatic carbocycles. The Hall–Kier alpha value is -4.25. The largest absolute Gasteiger partial charge is 0.416 e. The van der Waals surface area contributed by atoms with Crippen molar-refractivity contribution in [3.63, 3.8) is 0 Å². The summed E-state index contributed by atoms with van der Waals surface area (Å²) >= 11 is 0. The lowest BCUT2D eigenvalue weighted by Gasteiger charge is -2.30. The number of carbonyl (C=O) groups excluding carboxylic acids is 1. The quantitative estimate of drug-likeness (QED) is 0.325. The van der Waals surface area contributed by atoms with Crippen molar-refractivity contribution in [1.29, 1.82) is 0 Å². The number of aromatic amines is 1. The second-order valence-corrected chi connectivity index (χ2v) is 8.77. The Bertz CT molecular complexity index is 1460. The zero-order valence-corrected chi connectivity index (χ0v) is 19.7. The molecule has 1 aliphatic heterocycles. The molecule has 1 amide bonds. The van der Waals surface area contributed by atoms with Crippen LogP contribution >= 0.6 is 0 Å². The standard InChI is InChI=1S/C26H24F3N7O/c27-26(28,29)19-9-10-31-20(14-19)33-25(37)17-7-5-16(6-8-17)22-21-23(35-34-22)18(15-32-24(21)30)4-1-2-11-36-12-3-13-36/h1,4-10,14-15H,2-3,11-13H2,(H2,30,32)(H,34,35)(H,31,33,37)/b4-1+. The Kier molecular flexibility index (Phi) is 6.62. The molecule has 0 unspecified atom stereocenters. The van der Waals surface area contributed by atoms with Crippen molar-refractivity contribution >= 4 is 34.5 Å². The van der Waals surface area contributed by atoms with Crippen molar-refractivity contribution in [3.8, 4) is 11.3 Å². The minimum atomic E-state index is -4.53. The molecule has 1 saturated heterocycles. The minimum Gasteiger partial charge on any atom is -0.383 e. The van der Waals surface area contributed by atoms with Gasteiger partial charge < -0.3 is 16.0 Å². The Morgan fingerprint density at radius 3 is 2.65 bits per heavy atom. The first-order valence-corrected chi connectivity index (χ1v) is 11.8. The first-order chi connectivity index (χ1) is 17.8.